The van der Waals surface area contributed by atoms with Crippen LogP contribution >= 0.6 is 0 Å². The van der Waals surface area contributed by atoms with E-state index in [0.717, 1.165) is 0 Å². The number of halogens is 2. The monoisotopic (exact) mass is 277 g/mol. The van der Waals surface area contributed by atoms with Crippen LogP contribution in [-0.2, 0) is 0 Å². The van der Waals surface area contributed by atoms with Crippen molar-refractivity contribution < 1.29 is 18.3 Å². The molecule has 0 saturated carbocycles. The van der Waals surface area contributed by atoms with Gasteiger partial charge in [-0.25, -0.2) is 8.78 Å². The molecule has 0 aromatic heterocycles. The van der Waals surface area contributed by atoms with Gasteiger partial charge < -0.3 is 10.1 Å². The SMILES string of the molecule is COc1ccc(F)c(NC(=O)c2ccc(F)cc2C)c1. The minimum atomic E-state index is -0.570. The van der Waals surface area contributed by atoms with Gasteiger partial charge in [-0.15, -0.1) is 0 Å². The summed E-state index contributed by atoms with van der Waals surface area (Å²) in [6.07, 6.45) is 0. The van der Waals surface area contributed by atoms with Gasteiger partial charge in [0.25, 0.3) is 5.91 Å². The zero-order chi connectivity index (χ0) is 14.7. The fraction of sp³-hybridized carbons (Fsp3) is 0.133. The summed E-state index contributed by atoms with van der Waals surface area (Å²) in [5, 5.41) is 2.45. The van der Waals surface area contributed by atoms with Crippen molar-refractivity contribution in [2.75, 3.05) is 12.4 Å². The number of benzene rings is 2. The first-order chi connectivity index (χ1) is 9.51. The highest BCUT2D eigenvalue weighted by atomic mass is 19.1. The lowest BCUT2D eigenvalue weighted by Gasteiger charge is -2.10. The number of nitrogens with one attached hydrogen (secondary N) is 1. The molecule has 0 atom stereocenters. The van der Waals surface area contributed by atoms with Gasteiger partial charge in [-0.1, -0.05) is 0 Å². The van der Waals surface area contributed by atoms with Gasteiger partial charge in [-0.05, 0) is 42.8 Å². The second-order valence-corrected chi connectivity index (χ2v) is 4.26. The van der Waals surface area contributed by atoms with Crippen LogP contribution in [0.4, 0.5) is 14.5 Å². The Morgan fingerprint density at radius 1 is 1.15 bits per heavy atom. The van der Waals surface area contributed by atoms with Crippen LogP contribution in [0.1, 0.15) is 15.9 Å². The molecule has 2 aromatic carbocycles. The molecule has 3 nitrogen and oxygen atoms in total. The Labute approximate surface area is 115 Å². The maximum atomic E-state index is 13.6. The Kier molecular flexibility index (Phi) is 3.98. The van der Waals surface area contributed by atoms with E-state index < -0.39 is 17.5 Å². The molecular formula is C15H13F2NO2. The molecule has 1 amide bonds. The van der Waals surface area contributed by atoms with Crippen molar-refractivity contribution in [2.24, 2.45) is 0 Å². The van der Waals surface area contributed by atoms with E-state index in [2.05, 4.69) is 5.32 Å². The van der Waals surface area contributed by atoms with Gasteiger partial charge in [0.15, 0.2) is 0 Å². The fourth-order valence-corrected chi connectivity index (χ4v) is 1.80. The molecule has 0 saturated heterocycles. The van der Waals surface area contributed by atoms with Crippen molar-refractivity contribution in [3.63, 3.8) is 0 Å². The molecule has 0 aliphatic rings. The number of hydrogen-bond donors (Lipinski definition) is 1. The smallest absolute Gasteiger partial charge is 0.256 e. The average molecular weight is 277 g/mol. The van der Waals surface area contributed by atoms with Crippen LogP contribution in [0.25, 0.3) is 0 Å². The maximum absolute atomic E-state index is 13.6. The topological polar surface area (TPSA) is 38.3 Å². The summed E-state index contributed by atoms with van der Waals surface area (Å²) in [6, 6.07) is 7.82. The second-order valence-electron chi connectivity index (χ2n) is 4.26. The average Bonchev–Trinajstić information content (AvgIpc) is 2.41. The Bertz CT molecular complexity index is 656. The highest BCUT2D eigenvalue weighted by Crippen LogP contribution is 2.22. The third-order valence-corrected chi connectivity index (χ3v) is 2.85. The highest BCUT2D eigenvalue weighted by Gasteiger charge is 2.13. The van der Waals surface area contributed by atoms with Gasteiger partial charge in [0, 0.05) is 11.6 Å². The Balaban J connectivity index is 2.27. The van der Waals surface area contributed by atoms with Crippen molar-refractivity contribution in [3.8, 4) is 5.75 Å². The number of amides is 1. The molecule has 0 bridgehead atoms. The predicted octanol–water partition coefficient (Wildman–Crippen LogP) is 3.53. The molecule has 5 heteroatoms. The fourth-order valence-electron chi connectivity index (χ4n) is 1.80. The summed E-state index contributed by atoms with van der Waals surface area (Å²) in [5.74, 6) is -1.07. The van der Waals surface area contributed by atoms with E-state index in [1.807, 2.05) is 0 Å². The number of methoxy groups -OCH3 is 1. The Morgan fingerprint density at radius 2 is 1.90 bits per heavy atom. The number of hydrogen-bond acceptors (Lipinski definition) is 2. The highest BCUT2D eigenvalue weighted by molar-refractivity contribution is 6.05. The molecule has 0 heterocycles. The van der Waals surface area contributed by atoms with Crippen LogP contribution in [0, 0.1) is 18.6 Å². The summed E-state index contributed by atoms with van der Waals surface area (Å²) in [5.41, 5.74) is 0.775. The van der Waals surface area contributed by atoms with Gasteiger partial charge in [-0.2, -0.15) is 0 Å². The van der Waals surface area contributed by atoms with Gasteiger partial charge >= 0.3 is 0 Å². The second kappa shape index (κ2) is 5.69. The number of rotatable bonds is 3. The third-order valence-electron chi connectivity index (χ3n) is 2.85. The Morgan fingerprint density at radius 3 is 2.55 bits per heavy atom. The molecule has 0 aliphatic heterocycles. The van der Waals surface area contributed by atoms with Crippen LogP contribution in [0.15, 0.2) is 36.4 Å². The molecule has 2 aromatic rings. The summed E-state index contributed by atoms with van der Waals surface area (Å²) in [4.78, 5) is 12.1. The molecule has 0 spiro atoms. The molecule has 0 aliphatic carbocycles. The number of carbonyl (C=O) groups excluding carboxylic acids is 1. The first kappa shape index (κ1) is 14.0. The van der Waals surface area contributed by atoms with Crippen LogP contribution in [0.5, 0.6) is 5.75 Å². The third kappa shape index (κ3) is 2.93. The number of ether oxygens (including phenoxy) is 1. The zero-order valence-electron chi connectivity index (χ0n) is 11.0. The minimum absolute atomic E-state index is 0.0121. The first-order valence-corrected chi connectivity index (χ1v) is 5.92. The maximum Gasteiger partial charge on any atom is 0.256 e. The van der Waals surface area contributed by atoms with Gasteiger partial charge in [0.05, 0.1) is 12.8 Å². The summed E-state index contributed by atoms with van der Waals surface area (Å²) in [6.45, 7) is 1.61. The normalized spacial score (nSPS) is 10.2. The molecule has 0 fully saturated rings. The van der Waals surface area contributed by atoms with Crippen molar-refractivity contribution in [1.82, 2.24) is 0 Å². The van der Waals surface area contributed by atoms with Gasteiger partial charge in [0.2, 0.25) is 0 Å². The molecule has 0 radical (unpaired) electrons. The standard InChI is InChI=1S/C15H13F2NO2/c1-9-7-10(16)3-5-12(9)15(19)18-14-8-11(20-2)4-6-13(14)17/h3-8H,1-2H3,(H,18,19). The van der Waals surface area contributed by atoms with Crippen molar-refractivity contribution in [1.29, 1.82) is 0 Å². The zero-order valence-corrected chi connectivity index (χ0v) is 11.0. The van der Waals surface area contributed by atoms with E-state index in [1.165, 1.54) is 43.5 Å². The summed E-state index contributed by atoms with van der Waals surface area (Å²) in [7, 11) is 1.45. The van der Waals surface area contributed by atoms with E-state index in [9.17, 15) is 13.6 Å². The Hall–Kier alpha value is -2.43. The summed E-state index contributed by atoms with van der Waals surface area (Å²) >= 11 is 0. The van der Waals surface area contributed by atoms with Crippen molar-refractivity contribution in [2.45, 2.75) is 6.92 Å². The molecule has 1 N–H and O–H groups in total. The van der Waals surface area contributed by atoms with Gasteiger partial charge in [0.1, 0.15) is 17.4 Å². The molecule has 0 unspecified atom stereocenters. The molecular weight excluding hydrogens is 264 g/mol. The lowest BCUT2D eigenvalue weighted by atomic mass is 10.1. The quantitative estimate of drug-likeness (QED) is 0.932. The predicted molar refractivity (Wildman–Crippen MR) is 72.0 cm³/mol. The van der Waals surface area contributed by atoms with E-state index in [-0.39, 0.29) is 11.3 Å². The van der Waals surface area contributed by atoms with Crippen molar-refractivity contribution >= 4 is 11.6 Å². The van der Waals surface area contributed by atoms with Crippen LogP contribution < -0.4 is 10.1 Å². The van der Waals surface area contributed by atoms with Crippen LogP contribution in [0.2, 0.25) is 0 Å². The van der Waals surface area contributed by atoms with E-state index in [0.29, 0.717) is 11.3 Å². The van der Waals surface area contributed by atoms with E-state index in [1.54, 1.807) is 6.92 Å². The molecule has 2 rings (SSSR count). The number of carbonyl (C=O) groups is 1. The van der Waals surface area contributed by atoms with E-state index >= 15 is 0 Å². The minimum Gasteiger partial charge on any atom is -0.497 e. The van der Waals surface area contributed by atoms with E-state index in [4.69, 9.17) is 4.74 Å². The van der Waals surface area contributed by atoms with Crippen LogP contribution in [0.3, 0.4) is 0 Å². The number of anilines is 1. The molecule has 104 valence electrons. The largest absolute Gasteiger partial charge is 0.497 e. The van der Waals surface area contributed by atoms with Crippen molar-refractivity contribution in [3.05, 3.63) is 59.2 Å². The lowest BCUT2D eigenvalue weighted by Crippen LogP contribution is -2.14. The summed E-state index contributed by atoms with van der Waals surface area (Å²) < 4.78 is 31.6. The first-order valence-electron chi connectivity index (χ1n) is 5.92. The lowest BCUT2D eigenvalue weighted by molar-refractivity contribution is 0.102. The van der Waals surface area contributed by atoms with Gasteiger partial charge in [-0.3, -0.25) is 4.79 Å². The van der Waals surface area contributed by atoms with Crippen LogP contribution in [-0.4, -0.2) is 13.0 Å². The number of aryl methyl sites for hydroxylation is 1. The molecule has 20 heavy (non-hydrogen) atoms.